The van der Waals surface area contributed by atoms with Gasteiger partial charge in [0.25, 0.3) is 0 Å². The lowest BCUT2D eigenvalue weighted by molar-refractivity contribution is 0.768. The largest absolute Gasteiger partial charge is 0.309 e. The van der Waals surface area contributed by atoms with Gasteiger partial charge in [-0.3, -0.25) is 0 Å². The van der Waals surface area contributed by atoms with Crippen LogP contribution in [0.25, 0.3) is 77.2 Å². The van der Waals surface area contributed by atoms with E-state index in [-0.39, 0.29) is 0 Å². The number of hydrogen-bond acceptors (Lipinski definition) is 1. The van der Waals surface area contributed by atoms with Crippen molar-refractivity contribution in [2.45, 2.75) is 5.41 Å². The van der Waals surface area contributed by atoms with Crippen LogP contribution in [0, 0.1) is 0 Å². The fourth-order valence-electron chi connectivity index (χ4n) is 11.4. The van der Waals surface area contributed by atoms with Gasteiger partial charge < -0.3 is 4.90 Å². The highest BCUT2D eigenvalue weighted by Gasteiger charge is 2.45. The zero-order valence-electron chi connectivity index (χ0n) is 38.6. The minimum Gasteiger partial charge on any atom is -0.309 e. The second kappa shape index (κ2) is 17.2. The van der Waals surface area contributed by atoms with Crippen molar-refractivity contribution in [2.24, 2.45) is 0 Å². The summed E-state index contributed by atoms with van der Waals surface area (Å²) in [5, 5.41) is 4.84. The molecule has 12 aromatic rings. The molecule has 0 saturated carbocycles. The normalized spacial score (nSPS) is 12.4. The Hall–Kier alpha value is -9.04. The molecule has 0 fully saturated rings. The Morgan fingerprint density at radius 3 is 1.17 bits per heavy atom. The average Bonchev–Trinajstić information content (AvgIpc) is 3.75. The fourth-order valence-corrected chi connectivity index (χ4v) is 11.4. The minimum absolute atomic E-state index is 0.508. The summed E-state index contributed by atoms with van der Waals surface area (Å²) in [6, 6.07) is 105. The molecule has 0 radical (unpaired) electrons. The maximum Gasteiger partial charge on any atom is 0.0713 e. The number of fused-ring (bicyclic) bond motifs is 6. The Morgan fingerprint density at radius 2 is 0.614 bits per heavy atom. The number of benzene rings is 12. The SMILES string of the molecule is c1ccc(-c2cccc(-c3ccc(N(c4ccc(C5(c6ccccc6)c6ccccc6-c6ccccc65)cc4)c4c(-c5cccc(-c6ccccc6)c5)c5ccccc5c5ccccc45)cc3)c2)cc1. The van der Waals surface area contributed by atoms with Gasteiger partial charge in [0.2, 0.25) is 0 Å². The molecular weight excluding hydrogens is 843 g/mol. The Bertz CT molecular complexity index is 3810. The van der Waals surface area contributed by atoms with E-state index in [1.807, 2.05) is 0 Å². The van der Waals surface area contributed by atoms with E-state index in [0.717, 1.165) is 22.6 Å². The zero-order valence-corrected chi connectivity index (χ0v) is 38.6. The van der Waals surface area contributed by atoms with E-state index in [2.05, 4.69) is 290 Å². The molecule has 0 saturated heterocycles. The smallest absolute Gasteiger partial charge is 0.0713 e. The van der Waals surface area contributed by atoms with Crippen molar-refractivity contribution in [3.8, 4) is 55.6 Å². The molecular formula is C69H47N. The molecule has 0 atom stereocenters. The fraction of sp³-hybridized carbons (Fsp3) is 0.0145. The first-order chi connectivity index (χ1) is 34.7. The lowest BCUT2D eigenvalue weighted by Crippen LogP contribution is -2.28. The summed E-state index contributed by atoms with van der Waals surface area (Å²) in [6.07, 6.45) is 0. The number of nitrogens with zero attached hydrogens (tertiary/aromatic N) is 1. The van der Waals surface area contributed by atoms with E-state index in [1.165, 1.54) is 93.9 Å². The van der Waals surface area contributed by atoms with Crippen molar-refractivity contribution in [1.29, 1.82) is 0 Å². The Kier molecular flexibility index (Phi) is 10.1. The van der Waals surface area contributed by atoms with Crippen LogP contribution in [-0.2, 0) is 5.41 Å². The van der Waals surface area contributed by atoms with Crippen molar-refractivity contribution >= 4 is 38.6 Å². The molecule has 0 aliphatic heterocycles. The molecule has 0 amide bonds. The van der Waals surface area contributed by atoms with Crippen molar-refractivity contribution in [1.82, 2.24) is 0 Å². The molecule has 0 bridgehead atoms. The van der Waals surface area contributed by atoms with E-state index in [1.54, 1.807) is 0 Å². The lowest BCUT2D eigenvalue weighted by atomic mass is 9.67. The summed E-state index contributed by atoms with van der Waals surface area (Å²) in [5.41, 5.74) is 19.9. The van der Waals surface area contributed by atoms with Gasteiger partial charge in [-0.05, 0) is 125 Å². The summed E-state index contributed by atoms with van der Waals surface area (Å²) < 4.78 is 0. The van der Waals surface area contributed by atoms with Gasteiger partial charge >= 0.3 is 0 Å². The molecule has 0 aromatic heterocycles. The van der Waals surface area contributed by atoms with Gasteiger partial charge in [0.1, 0.15) is 0 Å². The second-order valence-electron chi connectivity index (χ2n) is 18.3. The molecule has 70 heavy (non-hydrogen) atoms. The maximum absolute atomic E-state index is 2.51. The monoisotopic (exact) mass is 889 g/mol. The molecule has 12 aromatic carbocycles. The number of anilines is 3. The summed E-state index contributed by atoms with van der Waals surface area (Å²) in [4.78, 5) is 2.51. The predicted octanol–water partition coefficient (Wildman–Crippen LogP) is 18.5. The van der Waals surface area contributed by atoms with E-state index >= 15 is 0 Å². The molecule has 1 heteroatoms. The molecule has 0 N–H and O–H groups in total. The third-order valence-corrected chi connectivity index (χ3v) is 14.5. The van der Waals surface area contributed by atoms with E-state index in [4.69, 9.17) is 0 Å². The van der Waals surface area contributed by atoms with Crippen LogP contribution in [0.3, 0.4) is 0 Å². The van der Waals surface area contributed by atoms with Crippen molar-refractivity contribution in [3.63, 3.8) is 0 Å². The summed E-state index contributed by atoms with van der Waals surface area (Å²) >= 11 is 0. The third-order valence-electron chi connectivity index (χ3n) is 14.5. The molecule has 1 nitrogen and oxygen atoms in total. The van der Waals surface area contributed by atoms with Gasteiger partial charge in [0.05, 0.1) is 11.1 Å². The average molecular weight is 890 g/mol. The van der Waals surface area contributed by atoms with Crippen LogP contribution in [0.5, 0.6) is 0 Å². The van der Waals surface area contributed by atoms with Gasteiger partial charge in [0.15, 0.2) is 0 Å². The van der Waals surface area contributed by atoms with Gasteiger partial charge in [-0.15, -0.1) is 0 Å². The molecule has 13 rings (SSSR count). The van der Waals surface area contributed by atoms with Crippen molar-refractivity contribution in [3.05, 3.63) is 307 Å². The quantitative estimate of drug-likeness (QED) is 0.131. The van der Waals surface area contributed by atoms with Gasteiger partial charge in [-0.1, -0.05) is 249 Å². The second-order valence-corrected chi connectivity index (χ2v) is 18.3. The van der Waals surface area contributed by atoms with Crippen LogP contribution in [0.15, 0.2) is 285 Å². The summed E-state index contributed by atoms with van der Waals surface area (Å²) in [5.74, 6) is 0. The van der Waals surface area contributed by atoms with E-state index in [0.29, 0.717) is 0 Å². The topological polar surface area (TPSA) is 3.24 Å². The molecule has 1 aliphatic carbocycles. The first kappa shape index (κ1) is 41.2. The standard InChI is InChI=1S/C69H47N/c1-4-20-48(21-5-1)51-24-18-25-52(46-51)50-38-42-57(43-39-50)70(58-44-40-56(41-45-58)69(55-28-8-3-9-29-55)65-36-16-14-32-61(65)62-33-15-17-37-66(62)69)68-64-35-13-11-31-60(64)59-30-10-12-34-63(59)67(68)54-27-19-26-53(47-54)49-22-6-2-7-23-49/h1-47H. The third kappa shape index (κ3) is 6.78. The molecule has 1 aliphatic rings. The summed E-state index contributed by atoms with van der Waals surface area (Å²) in [7, 11) is 0. The van der Waals surface area contributed by atoms with Crippen LogP contribution in [0.2, 0.25) is 0 Å². The highest BCUT2D eigenvalue weighted by Crippen LogP contribution is 2.57. The molecule has 0 heterocycles. The molecule has 0 unspecified atom stereocenters. The van der Waals surface area contributed by atoms with Crippen LogP contribution < -0.4 is 4.90 Å². The van der Waals surface area contributed by atoms with E-state index in [9.17, 15) is 0 Å². The van der Waals surface area contributed by atoms with Crippen LogP contribution in [0.4, 0.5) is 17.1 Å². The maximum atomic E-state index is 2.51. The first-order valence-electron chi connectivity index (χ1n) is 24.2. The molecule has 0 spiro atoms. The van der Waals surface area contributed by atoms with Gasteiger partial charge in [0, 0.05) is 22.3 Å². The number of rotatable bonds is 9. The first-order valence-corrected chi connectivity index (χ1v) is 24.2. The van der Waals surface area contributed by atoms with Gasteiger partial charge in [-0.2, -0.15) is 0 Å². The van der Waals surface area contributed by atoms with Gasteiger partial charge in [-0.25, -0.2) is 0 Å². The van der Waals surface area contributed by atoms with Crippen LogP contribution in [-0.4, -0.2) is 0 Å². The Balaban J connectivity index is 1.06. The number of hydrogen-bond donors (Lipinski definition) is 0. The van der Waals surface area contributed by atoms with E-state index < -0.39 is 5.41 Å². The lowest BCUT2D eigenvalue weighted by Gasteiger charge is -2.35. The Labute approximate surface area is 409 Å². The highest BCUT2D eigenvalue weighted by atomic mass is 15.1. The van der Waals surface area contributed by atoms with Crippen LogP contribution in [0.1, 0.15) is 22.3 Å². The van der Waals surface area contributed by atoms with Crippen molar-refractivity contribution in [2.75, 3.05) is 4.90 Å². The Morgan fingerprint density at radius 1 is 0.243 bits per heavy atom. The minimum atomic E-state index is -0.508. The van der Waals surface area contributed by atoms with Crippen molar-refractivity contribution < 1.29 is 0 Å². The zero-order chi connectivity index (χ0) is 46.4. The highest BCUT2D eigenvalue weighted by molar-refractivity contribution is 6.22. The van der Waals surface area contributed by atoms with Crippen LogP contribution >= 0.6 is 0 Å². The predicted molar refractivity (Wildman–Crippen MR) is 295 cm³/mol. The molecule has 328 valence electrons. The summed E-state index contributed by atoms with van der Waals surface area (Å²) in [6.45, 7) is 0.